The fourth-order valence-electron chi connectivity index (χ4n) is 11.1. The zero-order chi connectivity index (χ0) is 41.4. The van der Waals surface area contributed by atoms with Crippen LogP contribution >= 0.6 is 0 Å². The number of anilines is 3. The van der Waals surface area contributed by atoms with Crippen LogP contribution in [0.5, 0.6) is 0 Å². The number of hydrogen-bond donors (Lipinski definition) is 0. The molecule has 2 amide bonds. The van der Waals surface area contributed by atoms with Crippen molar-refractivity contribution in [3.8, 4) is 0 Å². The fraction of sp³-hybridized carbons (Fsp3) is 0.0784. The lowest BCUT2D eigenvalue weighted by atomic mass is 9.26. The molecule has 1 fully saturated rings. The zero-order valence-corrected chi connectivity index (χ0v) is 35.0. The van der Waals surface area contributed by atoms with Crippen LogP contribution in [0.1, 0.15) is 22.3 Å². The van der Waals surface area contributed by atoms with E-state index < -0.39 is 0 Å². The molecule has 2 aromatic heterocycles. The number of nitrogens with zero attached hydrogens (tertiary/aromatic N) is 3. The van der Waals surface area contributed by atoms with Crippen molar-refractivity contribution < 1.29 is 13.6 Å². The summed E-state index contributed by atoms with van der Waals surface area (Å²) >= 11 is 0. The number of para-hydroxylation sites is 5. The van der Waals surface area contributed by atoms with E-state index in [0.29, 0.717) is 22.5 Å². The SMILES string of the molecule is BC1=C2N3C(=C(B)B(c4c(C)cccc4C)c4cccc(c43)B1c1c(C)cccc1C)N(c1cccc3c1oc1ccccc13)C(=O)N2c1cccc2c1oc1ccccc12. The number of aryl methyl sites for hydroxylation is 4. The van der Waals surface area contributed by atoms with Gasteiger partial charge in [-0.1, -0.05) is 159 Å². The van der Waals surface area contributed by atoms with Crippen molar-refractivity contribution in [1.82, 2.24) is 0 Å². The Morgan fingerprint density at radius 1 is 0.443 bits per heavy atom. The zero-order valence-electron chi connectivity index (χ0n) is 35.0. The highest BCUT2D eigenvalue weighted by molar-refractivity contribution is 7.02. The number of rotatable bonds is 4. The molecule has 7 aromatic carbocycles. The molecule has 0 aliphatic carbocycles. The monoisotopic (exact) mass is 785 g/mol. The number of amides is 2. The van der Waals surface area contributed by atoms with Gasteiger partial charge in [-0.2, -0.15) is 0 Å². The molecular weight excluding hydrogens is 746 g/mol. The van der Waals surface area contributed by atoms with Gasteiger partial charge >= 0.3 is 6.03 Å². The number of furan rings is 2. The highest BCUT2D eigenvalue weighted by atomic mass is 16.3. The van der Waals surface area contributed by atoms with E-state index in [-0.39, 0.29) is 19.5 Å². The summed E-state index contributed by atoms with van der Waals surface area (Å²) in [5.74, 6) is 1.65. The van der Waals surface area contributed by atoms with Gasteiger partial charge in [0.1, 0.15) is 38.5 Å². The Bertz CT molecular complexity index is 3210. The fourth-order valence-corrected chi connectivity index (χ4v) is 11.1. The topological polar surface area (TPSA) is 53.1 Å². The quantitative estimate of drug-likeness (QED) is 0.173. The first-order valence-corrected chi connectivity index (χ1v) is 21.1. The van der Waals surface area contributed by atoms with Crippen molar-refractivity contribution in [2.75, 3.05) is 14.7 Å². The van der Waals surface area contributed by atoms with Crippen molar-refractivity contribution in [2.45, 2.75) is 27.7 Å². The van der Waals surface area contributed by atoms with Gasteiger partial charge in [0.25, 0.3) is 0 Å². The van der Waals surface area contributed by atoms with Crippen LogP contribution < -0.4 is 36.6 Å². The Balaban J connectivity index is 1.25. The molecule has 6 nitrogen and oxygen atoms in total. The maximum Gasteiger partial charge on any atom is 0.340 e. The van der Waals surface area contributed by atoms with Crippen molar-refractivity contribution in [3.05, 3.63) is 184 Å². The van der Waals surface area contributed by atoms with E-state index in [1.807, 2.05) is 70.5 Å². The molecule has 3 aliphatic rings. The maximum absolute atomic E-state index is 16.5. The molecule has 1 saturated heterocycles. The third-order valence-corrected chi connectivity index (χ3v) is 13.7. The summed E-state index contributed by atoms with van der Waals surface area (Å²) in [6.07, 6.45) is 0. The minimum atomic E-state index is -0.204. The summed E-state index contributed by atoms with van der Waals surface area (Å²) in [5.41, 5.74) is 15.2. The Kier molecular flexibility index (Phi) is 7.63. The van der Waals surface area contributed by atoms with Crippen LogP contribution in [-0.4, -0.2) is 35.1 Å². The number of urea groups is 1. The number of carbonyl (C=O) groups excluding carboxylic acids is 1. The van der Waals surface area contributed by atoms with E-state index in [2.05, 4.69) is 127 Å². The van der Waals surface area contributed by atoms with Gasteiger partial charge in [-0.15, -0.1) is 0 Å². The van der Waals surface area contributed by atoms with E-state index in [1.165, 1.54) is 44.1 Å². The van der Waals surface area contributed by atoms with Crippen LogP contribution in [0.15, 0.2) is 171 Å². The Labute approximate surface area is 356 Å². The van der Waals surface area contributed by atoms with Crippen LogP contribution in [0.3, 0.4) is 0 Å². The van der Waals surface area contributed by atoms with Crippen LogP contribution in [0.2, 0.25) is 0 Å². The normalized spacial score (nSPS) is 15.1. The molecule has 0 atom stereocenters. The average Bonchev–Trinajstić information content (AvgIpc) is 3.84. The first kappa shape index (κ1) is 35.9. The molecule has 0 radical (unpaired) electrons. The van der Waals surface area contributed by atoms with E-state index >= 15 is 4.79 Å². The summed E-state index contributed by atoms with van der Waals surface area (Å²) in [6, 6.07) is 48.3. The van der Waals surface area contributed by atoms with Crippen LogP contribution in [0.25, 0.3) is 43.9 Å². The number of carbonyl (C=O) groups is 1. The smallest absolute Gasteiger partial charge is 0.340 e. The summed E-state index contributed by atoms with van der Waals surface area (Å²) in [7, 11) is 4.45. The van der Waals surface area contributed by atoms with Crippen LogP contribution in [0, 0.1) is 27.7 Å². The molecular formula is C51H39B4N3O3. The minimum absolute atomic E-state index is 0.129. The molecule has 9 aromatic rings. The molecule has 12 rings (SSSR count). The summed E-state index contributed by atoms with van der Waals surface area (Å²) in [4.78, 5) is 22.8. The van der Waals surface area contributed by atoms with E-state index in [4.69, 9.17) is 8.83 Å². The molecule has 0 spiro atoms. The first-order valence-electron chi connectivity index (χ1n) is 21.1. The van der Waals surface area contributed by atoms with Crippen LogP contribution in [0.4, 0.5) is 21.9 Å². The second-order valence-corrected chi connectivity index (χ2v) is 17.1. The lowest BCUT2D eigenvalue weighted by molar-refractivity contribution is 0.252. The Morgan fingerprint density at radius 3 is 1.26 bits per heavy atom. The molecule has 0 saturated carbocycles. The van der Waals surface area contributed by atoms with Gasteiger partial charge in [0.15, 0.2) is 11.2 Å². The van der Waals surface area contributed by atoms with Gasteiger partial charge in [-0.05, 0) is 62.9 Å². The second-order valence-electron chi connectivity index (χ2n) is 17.1. The van der Waals surface area contributed by atoms with Crippen molar-refractivity contribution in [1.29, 1.82) is 0 Å². The summed E-state index contributed by atoms with van der Waals surface area (Å²) in [6.45, 7) is 8.60. The van der Waals surface area contributed by atoms with Gasteiger partial charge in [-0.25, -0.2) is 14.6 Å². The van der Waals surface area contributed by atoms with Gasteiger partial charge in [0, 0.05) is 27.2 Å². The highest BCUT2D eigenvalue weighted by Gasteiger charge is 2.53. The molecule has 61 heavy (non-hydrogen) atoms. The molecule has 10 heteroatoms. The minimum Gasteiger partial charge on any atom is -0.454 e. The average molecular weight is 785 g/mol. The van der Waals surface area contributed by atoms with Crippen molar-refractivity contribution >= 4 is 118 Å². The number of fused-ring (bicyclic) bond motifs is 6. The van der Waals surface area contributed by atoms with Crippen LogP contribution in [-0.2, 0) is 0 Å². The number of benzene rings is 7. The highest BCUT2D eigenvalue weighted by Crippen LogP contribution is 2.48. The van der Waals surface area contributed by atoms with Crippen molar-refractivity contribution in [2.24, 2.45) is 0 Å². The first-order chi connectivity index (χ1) is 29.7. The lowest BCUT2D eigenvalue weighted by Gasteiger charge is -2.54. The standard InChI is InChI=1S/C51H39B4N3O3/c1-28-14-9-15-29(2)42(28)54-36-22-13-23-37-44(36)58-49(47(54)52)56(38-24-11-20-34-32-18-5-7-26-40(32)60-45(34)38)51(59)57(50(58)48(53)55(37)43-30(3)16-10-17-31(43)4)39-25-12-21-35-33-19-6-8-27-41(33)61-46(35)39/h5-27H,52-53H2,1-4H3. The molecule has 0 N–H and O–H groups in total. The number of hydrogen-bond acceptors (Lipinski definition) is 4. The molecule has 288 valence electrons. The largest absolute Gasteiger partial charge is 0.454 e. The maximum atomic E-state index is 16.5. The third kappa shape index (κ3) is 4.82. The van der Waals surface area contributed by atoms with E-state index in [1.54, 1.807) is 0 Å². The van der Waals surface area contributed by atoms with Gasteiger partial charge in [0.2, 0.25) is 13.4 Å². The van der Waals surface area contributed by atoms with Gasteiger partial charge < -0.3 is 8.83 Å². The Morgan fingerprint density at radius 2 is 0.820 bits per heavy atom. The molecule has 0 bridgehead atoms. The van der Waals surface area contributed by atoms with E-state index in [9.17, 15) is 0 Å². The second kappa shape index (κ2) is 13.0. The molecule has 3 aliphatic heterocycles. The molecule has 5 heterocycles. The van der Waals surface area contributed by atoms with Gasteiger partial charge in [0.05, 0.1) is 11.4 Å². The predicted octanol–water partition coefficient (Wildman–Crippen LogP) is 7.60. The third-order valence-electron chi connectivity index (χ3n) is 13.7. The lowest BCUT2D eigenvalue weighted by Crippen LogP contribution is -2.68. The van der Waals surface area contributed by atoms with E-state index in [0.717, 1.165) is 60.8 Å². The Hall–Kier alpha value is -7.05. The van der Waals surface area contributed by atoms with Gasteiger partial charge in [-0.3, -0.25) is 4.90 Å². The predicted molar refractivity (Wildman–Crippen MR) is 260 cm³/mol. The molecule has 0 unspecified atom stereocenters. The van der Waals surface area contributed by atoms with Crippen molar-refractivity contribution in [3.63, 3.8) is 0 Å². The summed E-state index contributed by atoms with van der Waals surface area (Å²) in [5, 5.41) is 6.10. The summed E-state index contributed by atoms with van der Waals surface area (Å²) < 4.78 is 13.5.